The van der Waals surface area contributed by atoms with Crippen molar-refractivity contribution >= 4 is 11.6 Å². The van der Waals surface area contributed by atoms with E-state index in [-0.39, 0.29) is 11.7 Å². The van der Waals surface area contributed by atoms with Crippen LogP contribution in [0, 0.1) is 0 Å². The maximum Gasteiger partial charge on any atom is 0.225 e. The summed E-state index contributed by atoms with van der Waals surface area (Å²) < 4.78 is 11.5. The monoisotopic (exact) mass is 318 g/mol. The largest absolute Gasteiger partial charge is 0.347 e. The standard InChI is InChI=1S/C18H26N2O3/c1-2-15-5-3-4-6-16(15)19-17(21)7-10-20-11-8-18(9-12-20)22-13-14-23-18/h3-6H,2,7-14H2,1H3,(H,19,21). The highest BCUT2D eigenvalue weighted by Crippen LogP contribution is 2.31. The zero-order chi connectivity index (χ0) is 16.1. The van der Waals surface area contributed by atoms with E-state index in [9.17, 15) is 4.79 Å². The van der Waals surface area contributed by atoms with Crippen LogP contribution in [0.5, 0.6) is 0 Å². The smallest absolute Gasteiger partial charge is 0.225 e. The molecule has 5 nitrogen and oxygen atoms in total. The Kier molecular flexibility index (Phi) is 5.30. The summed E-state index contributed by atoms with van der Waals surface area (Å²) in [6.07, 6.45) is 3.23. The molecule has 0 radical (unpaired) electrons. The Morgan fingerprint density at radius 1 is 1.22 bits per heavy atom. The highest BCUT2D eigenvalue weighted by Gasteiger charge is 2.39. The molecule has 2 fully saturated rings. The number of nitrogens with one attached hydrogen (secondary N) is 1. The van der Waals surface area contributed by atoms with Gasteiger partial charge in [0.2, 0.25) is 5.91 Å². The molecule has 126 valence electrons. The van der Waals surface area contributed by atoms with E-state index in [2.05, 4.69) is 23.2 Å². The number of ether oxygens (including phenoxy) is 2. The fourth-order valence-electron chi connectivity index (χ4n) is 3.33. The second-order valence-corrected chi connectivity index (χ2v) is 6.26. The number of aryl methyl sites for hydroxylation is 1. The van der Waals surface area contributed by atoms with Crippen molar-refractivity contribution in [3.05, 3.63) is 29.8 Å². The minimum atomic E-state index is -0.334. The van der Waals surface area contributed by atoms with Crippen LogP contribution < -0.4 is 5.32 Å². The lowest BCUT2D eigenvalue weighted by Crippen LogP contribution is -2.45. The minimum absolute atomic E-state index is 0.0829. The Labute approximate surface area is 137 Å². The molecule has 3 rings (SSSR count). The van der Waals surface area contributed by atoms with Gasteiger partial charge >= 0.3 is 0 Å². The minimum Gasteiger partial charge on any atom is -0.347 e. The van der Waals surface area contributed by atoms with E-state index >= 15 is 0 Å². The lowest BCUT2D eigenvalue weighted by Gasteiger charge is -2.37. The van der Waals surface area contributed by atoms with Crippen molar-refractivity contribution in [1.82, 2.24) is 4.90 Å². The number of benzene rings is 1. The molecule has 2 heterocycles. The lowest BCUT2D eigenvalue weighted by molar-refractivity contribution is -0.185. The van der Waals surface area contributed by atoms with Crippen molar-refractivity contribution in [2.24, 2.45) is 0 Å². The number of likely N-dealkylation sites (tertiary alicyclic amines) is 1. The van der Waals surface area contributed by atoms with E-state index < -0.39 is 0 Å². The summed E-state index contributed by atoms with van der Waals surface area (Å²) in [5.41, 5.74) is 2.11. The molecular weight excluding hydrogens is 292 g/mol. The molecule has 0 bridgehead atoms. The van der Waals surface area contributed by atoms with E-state index in [1.54, 1.807) is 0 Å². The number of nitrogens with zero attached hydrogens (tertiary/aromatic N) is 1. The van der Waals surface area contributed by atoms with Crippen LogP contribution in [0.4, 0.5) is 5.69 Å². The van der Waals surface area contributed by atoms with Gasteiger partial charge in [-0.2, -0.15) is 0 Å². The van der Waals surface area contributed by atoms with E-state index in [4.69, 9.17) is 9.47 Å². The molecule has 23 heavy (non-hydrogen) atoms. The highest BCUT2D eigenvalue weighted by molar-refractivity contribution is 5.91. The third kappa shape index (κ3) is 4.10. The molecule has 1 spiro atoms. The second kappa shape index (κ2) is 7.43. The van der Waals surface area contributed by atoms with Gasteiger partial charge in [-0.1, -0.05) is 25.1 Å². The number of anilines is 1. The molecule has 1 N–H and O–H groups in total. The summed E-state index contributed by atoms with van der Waals surface area (Å²) >= 11 is 0. The van der Waals surface area contributed by atoms with Gasteiger partial charge in [-0.05, 0) is 18.1 Å². The molecule has 5 heteroatoms. The first kappa shape index (κ1) is 16.4. The Balaban J connectivity index is 1.43. The van der Waals surface area contributed by atoms with Crippen molar-refractivity contribution in [2.75, 3.05) is 38.2 Å². The Bertz CT molecular complexity index is 531. The van der Waals surface area contributed by atoms with Gasteiger partial charge in [0.05, 0.1) is 13.2 Å². The van der Waals surface area contributed by atoms with Crippen LogP contribution in [0.15, 0.2) is 24.3 Å². The van der Waals surface area contributed by atoms with E-state index in [1.165, 1.54) is 5.56 Å². The maximum absolute atomic E-state index is 12.2. The fraction of sp³-hybridized carbons (Fsp3) is 0.611. The Hall–Kier alpha value is -1.43. The van der Waals surface area contributed by atoms with E-state index in [0.29, 0.717) is 19.6 Å². The molecule has 1 aromatic carbocycles. The average molecular weight is 318 g/mol. The number of rotatable bonds is 5. The maximum atomic E-state index is 12.2. The van der Waals surface area contributed by atoms with Crippen LogP contribution >= 0.6 is 0 Å². The molecule has 1 aromatic rings. The molecule has 0 unspecified atom stereocenters. The van der Waals surface area contributed by atoms with Crippen LogP contribution in [0.2, 0.25) is 0 Å². The number of carbonyl (C=O) groups excluding carboxylic acids is 1. The van der Waals surface area contributed by atoms with Gasteiger partial charge in [0, 0.05) is 44.6 Å². The Morgan fingerprint density at radius 3 is 2.61 bits per heavy atom. The van der Waals surface area contributed by atoms with Gasteiger partial charge in [-0.15, -0.1) is 0 Å². The first-order chi connectivity index (χ1) is 11.2. The third-order valence-corrected chi connectivity index (χ3v) is 4.76. The molecule has 0 saturated carbocycles. The van der Waals surface area contributed by atoms with Gasteiger partial charge in [0.25, 0.3) is 0 Å². The molecule has 1 amide bonds. The quantitative estimate of drug-likeness (QED) is 0.906. The van der Waals surface area contributed by atoms with Crippen molar-refractivity contribution in [3.8, 4) is 0 Å². The number of hydrogen-bond acceptors (Lipinski definition) is 4. The highest BCUT2D eigenvalue weighted by atomic mass is 16.7. The summed E-state index contributed by atoms with van der Waals surface area (Å²) in [5.74, 6) is -0.252. The SMILES string of the molecule is CCc1ccccc1NC(=O)CCN1CCC2(CC1)OCCO2. The summed E-state index contributed by atoms with van der Waals surface area (Å²) in [7, 11) is 0. The molecule has 0 atom stereocenters. The predicted octanol–water partition coefficient (Wildman–Crippen LogP) is 2.42. The van der Waals surface area contributed by atoms with Crippen LogP contribution in [0.25, 0.3) is 0 Å². The predicted molar refractivity (Wildman–Crippen MR) is 89.4 cm³/mol. The zero-order valence-electron chi connectivity index (χ0n) is 13.8. The first-order valence-corrected chi connectivity index (χ1v) is 8.59. The van der Waals surface area contributed by atoms with E-state index in [0.717, 1.165) is 44.6 Å². The van der Waals surface area contributed by atoms with Gasteiger partial charge in [0.15, 0.2) is 5.79 Å². The van der Waals surface area contributed by atoms with E-state index in [1.807, 2.05) is 18.2 Å². The number of piperidine rings is 1. The molecule has 2 aliphatic heterocycles. The van der Waals surface area contributed by atoms with Crippen LogP contribution in [-0.4, -0.2) is 49.4 Å². The van der Waals surface area contributed by atoms with Crippen molar-refractivity contribution in [3.63, 3.8) is 0 Å². The van der Waals surface area contributed by atoms with Crippen molar-refractivity contribution < 1.29 is 14.3 Å². The van der Waals surface area contributed by atoms with Gasteiger partial charge in [-0.3, -0.25) is 4.79 Å². The van der Waals surface area contributed by atoms with Gasteiger partial charge in [-0.25, -0.2) is 0 Å². The van der Waals surface area contributed by atoms with Gasteiger partial charge in [0.1, 0.15) is 0 Å². The molecule has 0 aromatic heterocycles. The Morgan fingerprint density at radius 2 is 1.91 bits per heavy atom. The summed E-state index contributed by atoms with van der Waals surface area (Å²) in [6.45, 7) is 6.16. The van der Waals surface area contributed by atoms with Crippen molar-refractivity contribution in [2.45, 2.75) is 38.4 Å². The van der Waals surface area contributed by atoms with Crippen LogP contribution in [0.3, 0.4) is 0 Å². The average Bonchev–Trinajstić information content (AvgIpc) is 3.03. The van der Waals surface area contributed by atoms with Crippen LogP contribution in [-0.2, 0) is 20.7 Å². The number of amides is 1. The number of hydrogen-bond donors (Lipinski definition) is 1. The summed E-state index contributed by atoms with van der Waals surface area (Å²) in [5, 5.41) is 3.03. The molecule has 2 saturated heterocycles. The zero-order valence-corrected chi connectivity index (χ0v) is 13.8. The molecule has 0 aliphatic carbocycles. The fourth-order valence-corrected chi connectivity index (χ4v) is 3.33. The summed E-state index contributed by atoms with van der Waals surface area (Å²) in [6, 6.07) is 7.99. The topological polar surface area (TPSA) is 50.8 Å². The molecular formula is C18H26N2O3. The molecule has 2 aliphatic rings. The lowest BCUT2D eigenvalue weighted by atomic mass is 10.0. The van der Waals surface area contributed by atoms with Gasteiger partial charge < -0.3 is 19.7 Å². The number of para-hydroxylation sites is 1. The second-order valence-electron chi connectivity index (χ2n) is 6.26. The normalized spacial score (nSPS) is 20.7. The third-order valence-electron chi connectivity index (χ3n) is 4.76. The van der Waals surface area contributed by atoms with Crippen molar-refractivity contribution in [1.29, 1.82) is 0 Å². The number of carbonyl (C=O) groups is 1. The first-order valence-electron chi connectivity index (χ1n) is 8.59. The summed E-state index contributed by atoms with van der Waals surface area (Å²) in [4.78, 5) is 14.5. The van der Waals surface area contributed by atoms with Crippen LogP contribution in [0.1, 0.15) is 31.7 Å².